The van der Waals surface area contributed by atoms with Crippen LogP contribution in [0.1, 0.15) is 38.4 Å². The number of carbonyl (C=O) groups excluding carboxylic acids is 3. The van der Waals surface area contributed by atoms with E-state index in [-0.39, 0.29) is 37.8 Å². The van der Waals surface area contributed by atoms with Crippen molar-refractivity contribution in [3.05, 3.63) is 112 Å². The molecular weight excluding hydrogens is 981 g/mol. The van der Waals surface area contributed by atoms with Gasteiger partial charge in [-0.15, -0.1) is 22.7 Å². The largest absolute Gasteiger partial charge is 0.508 e. The molecule has 364 valence electrons. The van der Waals surface area contributed by atoms with Crippen molar-refractivity contribution >= 4 is 66.4 Å². The van der Waals surface area contributed by atoms with Gasteiger partial charge in [-0.1, -0.05) is 73.1 Å². The number of aliphatic hydroxyl groups is 1. The van der Waals surface area contributed by atoms with Crippen LogP contribution in [0, 0.1) is 12.3 Å². The molecule has 2 aromatic heterocycles. The highest BCUT2D eigenvalue weighted by atomic mass is 79.9. The molecule has 2 aliphatic heterocycles. The molecule has 69 heavy (non-hydrogen) atoms. The molecule has 8 rings (SSSR count). The molecule has 4 heterocycles. The molecule has 3 amide bonds. The maximum atomic E-state index is 14.0. The third-order valence-electron chi connectivity index (χ3n) is 12.4. The second-order valence-electron chi connectivity index (χ2n) is 18.5. The Morgan fingerprint density at radius 2 is 1.52 bits per heavy atom. The number of hydrogen-bond acceptors (Lipinski definition) is 13. The lowest BCUT2D eigenvalue weighted by Crippen LogP contribution is -2.58. The van der Waals surface area contributed by atoms with E-state index in [2.05, 4.69) is 41.3 Å². The van der Waals surface area contributed by atoms with Gasteiger partial charge in [0.15, 0.2) is 5.75 Å². The summed E-state index contributed by atoms with van der Waals surface area (Å²) >= 11 is 6.68. The number of aliphatic hydroxyl groups excluding tert-OH is 1. The Morgan fingerprint density at radius 3 is 2.19 bits per heavy atom. The van der Waals surface area contributed by atoms with Crippen molar-refractivity contribution < 1.29 is 38.8 Å². The molecule has 6 aromatic rings. The zero-order valence-corrected chi connectivity index (χ0v) is 42.5. The SMILES string of the molecule is Cc1ncsc1-c1ccc(CNC(=O)[C@H]2C[C@H](O)CN2C(=O)[C@@H](NC(=O)COCCN2CCN(CCOc3ccc(Oc4c(-c5ccc(Br)cc5)sc5cc(O)ccc45)cc3)CC2)C(C)(C)C)cc1. The van der Waals surface area contributed by atoms with Gasteiger partial charge < -0.3 is 40.0 Å². The van der Waals surface area contributed by atoms with Crippen LogP contribution in [-0.2, 0) is 25.7 Å². The molecule has 0 saturated carbocycles. The summed E-state index contributed by atoms with van der Waals surface area (Å²) in [7, 11) is 0. The summed E-state index contributed by atoms with van der Waals surface area (Å²) in [5, 5.41) is 27.5. The standard InChI is InChI=1S/C52H59BrN6O8S2/c1-33-47(68-32-55-33)35-7-5-34(6-8-35)29-54-50(63)43-27-39(61)30-59(43)51(64)49(52(2,3)4)56-45(62)31-65-25-23-57-19-21-58(22-20-57)24-26-66-40-14-16-41(17-15-40)67-46-42-18-13-38(60)28-44(42)69-48(46)36-9-11-37(53)12-10-36/h5-18,28,32,39,43,49,60-61H,19-27,29-31H2,1-4H3,(H,54,63)(H,56,62)/t39-,43+,49+/m0/s1. The van der Waals surface area contributed by atoms with Crippen molar-refractivity contribution in [1.82, 2.24) is 30.3 Å². The fourth-order valence-electron chi connectivity index (χ4n) is 8.55. The molecule has 14 nitrogen and oxygen atoms in total. The number of thiophene rings is 1. The third kappa shape index (κ3) is 12.9. The number of phenolic OH excluding ortho intramolecular Hbond substituents is 1. The summed E-state index contributed by atoms with van der Waals surface area (Å²) in [6.07, 6.45) is -0.745. The lowest BCUT2D eigenvalue weighted by Gasteiger charge is -2.35. The fourth-order valence-corrected chi connectivity index (χ4v) is 10.8. The minimum atomic E-state index is -0.936. The predicted octanol–water partition coefficient (Wildman–Crippen LogP) is 8.08. The molecule has 2 fully saturated rings. The monoisotopic (exact) mass is 1040 g/mol. The van der Waals surface area contributed by atoms with Gasteiger partial charge in [0.2, 0.25) is 17.7 Å². The van der Waals surface area contributed by atoms with E-state index in [9.17, 15) is 24.6 Å². The number of aromatic hydroxyl groups is 1. The smallest absolute Gasteiger partial charge is 0.246 e. The topological polar surface area (TPSA) is 166 Å². The van der Waals surface area contributed by atoms with Crippen LogP contribution in [0.2, 0.25) is 0 Å². The van der Waals surface area contributed by atoms with Gasteiger partial charge in [0.05, 0.1) is 33.7 Å². The first-order valence-corrected chi connectivity index (χ1v) is 25.7. The second-order valence-corrected chi connectivity index (χ2v) is 21.4. The Labute approximate surface area is 419 Å². The molecule has 0 unspecified atom stereocenters. The van der Waals surface area contributed by atoms with E-state index in [4.69, 9.17) is 14.2 Å². The number of thiazole rings is 1. The summed E-state index contributed by atoms with van der Waals surface area (Å²) in [6, 6.07) is 27.2. The zero-order chi connectivity index (χ0) is 48.7. The molecule has 4 N–H and O–H groups in total. The highest BCUT2D eigenvalue weighted by Crippen LogP contribution is 2.47. The van der Waals surface area contributed by atoms with Gasteiger partial charge >= 0.3 is 0 Å². The van der Waals surface area contributed by atoms with Gasteiger partial charge in [0.25, 0.3) is 0 Å². The molecule has 0 radical (unpaired) electrons. The van der Waals surface area contributed by atoms with Crippen LogP contribution in [0.4, 0.5) is 0 Å². The lowest BCUT2D eigenvalue weighted by atomic mass is 9.85. The Morgan fingerprint density at radius 1 is 0.870 bits per heavy atom. The zero-order valence-electron chi connectivity index (χ0n) is 39.3. The fraction of sp³-hybridized carbons (Fsp3) is 0.385. The quantitative estimate of drug-likeness (QED) is 0.0615. The summed E-state index contributed by atoms with van der Waals surface area (Å²) < 4.78 is 20.3. The number of benzene rings is 4. The Kier molecular flexibility index (Phi) is 16.4. The van der Waals surface area contributed by atoms with Gasteiger partial charge in [-0.3, -0.25) is 24.2 Å². The molecule has 2 aliphatic rings. The number of halogens is 1. The number of carbonyl (C=O) groups is 3. The first-order chi connectivity index (χ1) is 33.2. The predicted molar refractivity (Wildman–Crippen MR) is 274 cm³/mol. The first-order valence-electron chi connectivity index (χ1n) is 23.2. The number of hydrogen-bond donors (Lipinski definition) is 4. The van der Waals surface area contributed by atoms with Crippen LogP contribution in [0.15, 0.2) is 101 Å². The van der Waals surface area contributed by atoms with Crippen molar-refractivity contribution in [1.29, 1.82) is 0 Å². The van der Waals surface area contributed by atoms with Crippen molar-refractivity contribution in [2.24, 2.45) is 5.41 Å². The van der Waals surface area contributed by atoms with Crippen molar-refractivity contribution in [3.8, 4) is 43.9 Å². The third-order valence-corrected chi connectivity index (χ3v) is 15.1. The molecule has 0 bridgehead atoms. The first kappa shape index (κ1) is 50.0. The number of nitrogens with one attached hydrogen (secondary N) is 2. The van der Waals surface area contributed by atoms with E-state index in [1.165, 1.54) is 4.90 Å². The maximum absolute atomic E-state index is 14.0. The Hall–Kier alpha value is -5.40. The van der Waals surface area contributed by atoms with Crippen LogP contribution in [-0.4, -0.2) is 131 Å². The molecule has 2 saturated heterocycles. The van der Waals surface area contributed by atoms with Gasteiger partial charge in [0.1, 0.15) is 42.5 Å². The average molecular weight is 1040 g/mol. The van der Waals surface area contributed by atoms with E-state index >= 15 is 0 Å². The van der Waals surface area contributed by atoms with E-state index in [0.29, 0.717) is 25.5 Å². The highest BCUT2D eigenvalue weighted by Gasteiger charge is 2.44. The van der Waals surface area contributed by atoms with Gasteiger partial charge in [-0.2, -0.15) is 0 Å². The molecule has 0 aliphatic carbocycles. The van der Waals surface area contributed by atoms with E-state index in [1.54, 1.807) is 34.8 Å². The normalized spacial score (nSPS) is 17.2. The maximum Gasteiger partial charge on any atom is 0.246 e. The number of rotatable bonds is 18. The molecule has 0 spiro atoms. The molecular formula is C52H59BrN6O8S2. The van der Waals surface area contributed by atoms with Crippen molar-refractivity contribution in [3.63, 3.8) is 0 Å². The average Bonchev–Trinajstić information content (AvgIpc) is 4.05. The number of piperazine rings is 1. The minimum absolute atomic E-state index is 0.00179. The molecule has 3 atom stereocenters. The van der Waals surface area contributed by atoms with Crippen LogP contribution in [0.5, 0.6) is 23.0 Å². The summed E-state index contributed by atoms with van der Waals surface area (Å²) in [5.41, 5.74) is 5.10. The summed E-state index contributed by atoms with van der Waals surface area (Å²) in [5.74, 6) is 1.21. The number of nitrogens with zero attached hydrogens (tertiary/aromatic N) is 4. The lowest BCUT2D eigenvalue weighted by molar-refractivity contribution is -0.144. The number of β-amino-alcohol motifs (C(OH)–C–C–N with tert-alkyl or cyclic N) is 1. The molecule has 17 heteroatoms. The van der Waals surface area contributed by atoms with Crippen molar-refractivity contribution in [2.75, 3.05) is 65.6 Å². The summed E-state index contributed by atoms with van der Waals surface area (Å²) in [6.45, 7) is 13.4. The van der Waals surface area contributed by atoms with Crippen LogP contribution >= 0.6 is 38.6 Å². The second kappa shape index (κ2) is 22.6. The summed E-state index contributed by atoms with van der Waals surface area (Å²) in [4.78, 5) is 53.2. The highest BCUT2D eigenvalue weighted by molar-refractivity contribution is 9.10. The van der Waals surface area contributed by atoms with E-state index in [0.717, 1.165) is 90.9 Å². The van der Waals surface area contributed by atoms with Crippen LogP contribution in [0.25, 0.3) is 31.0 Å². The number of aryl methyl sites for hydroxylation is 1. The van der Waals surface area contributed by atoms with Crippen LogP contribution < -0.4 is 20.1 Å². The van der Waals surface area contributed by atoms with Crippen LogP contribution in [0.3, 0.4) is 0 Å². The van der Waals surface area contributed by atoms with E-state index < -0.39 is 35.4 Å². The van der Waals surface area contributed by atoms with E-state index in [1.807, 2.05) is 112 Å². The van der Waals surface area contributed by atoms with Gasteiger partial charge in [-0.05, 0) is 83.6 Å². The minimum Gasteiger partial charge on any atom is -0.508 e. The Bertz CT molecular complexity index is 2700. The number of ether oxygens (including phenoxy) is 3. The van der Waals surface area contributed by atoms with Gasteiger partial charge in [-0.25, -0.2) is 4.98 Å². The molecule has 4 aromatic carbocycles. The Balaban J connectivity index is 0.734. The number of phenols is 1. The number of fused-ring (bicyclic) bond motifs is 1. The van der Waals surface area contributed by atoms with Gasteiger partial charge in [0, 0.05) is 73.3 Å². The number of aromatic nitrogens is 1. The number of amides is 3. The van der Waals surface area contributed by atoms with Crippen molar-refractivity contribution in [2.45, 2.75) is 58.8 Å². The number of likely N-dealkylation sites (tertiary alicyclic amines) is 1.